The molecule has 0 radical (unpaired) electrons. The summed E-state index contributed by atoms with van der Waals surface area (Å²) < 4.78 is 0. The SMILES string of the molecule is CCc1c(NN)ncnc1NCc1ccc(C#N)cc1. The molecule has 0 atom stereocenters. The topological polar surface area (TPSA) is 99.7 Å². The summed E-state index contributed by atoms with van der Waals surface area (Å²) in [7, 11) is 0. The third-order valence-corrected chi connectivity index (χ3v) is 2.98. The molecule has 0 bridgehead atoms. The molecule has 0 spiro atoms. The molecular weight excluding hydrogens is 252 g/mol. The minimum atomic E-state index is 0.625. The number of benzene rings is 1. The predicted molar refractivity (Wildman–Crippen MR) is 77.7 cm³/mol. The number of hydrazine groups is 1. The Hall–Kier alpha value is -2.65. The summed E-state index contributed by atoms with van der Waals surface area (Å²) in [6.07, 6.45) is 2.24. The molecule has 2 aromatic rings. The van der Waals surface area contributed by atoms with Gasteiger partial charge in [0.2, 0.25) is 0 Å². The molecule has 6 nitrogen and oxygen atoms in total. The van der Waals surface area contributed by atoms with Gasteiger partial charge >= 0.3 is 0 Å². The van der Waals surface area contributed by atoms with E-state index in [4.69, 9.17) is 11.1 Å². The van der Waals surface area contributed by atoms with Crippen LogP contribution in [0.2, 0.25) is 0 Å². The second kappa shape index (κ2) is 6.50. The standard InChI is InChI=1S/C14H16N6/c1-2-12-13(18-9-19-14(12)20-16)17-8-11-5-3-10(7-15)4-6-11/h3-6,9H,2,8,16H2,1H3,(H2,17,18,19,20). The molecule has 0 amide bonds. The lowest BCUT2D eigenvalue weighted by Gasteiger charge is -2.12. The zero-order valence-corrected chi connectivity index (χ0v) is 11.2. The van der Waals surface area contributed by atoms with Gasteiger partial charge < -0.3 is 10.7 Å². The van der Waals surface area contributed by atoms with Gasteiger partial charge in [-0.25, -0.2) is 15.8 Å². The maximum Gasteiger partial charge on any atom is 0.148 e. The van der Waals surface area contributed by atoms with Crippen LogP contribution in [-0.4, -0.2) is 9.97 Å². The summed E-state index contributed by atoms with van der Waals surface area (Å²) in [5, 5.41) is 12.0. The van der Waals surface area contributed by atoms with E-state index in [0.717, 1.165) is 23.4 Å². The molecule has 0 fully saturated rings. The van der Waals surface area contributed by atoms with Gasteiger partial charge in [0.1, 0.15) is 18.0 Å². The van der Waals surface area contributed by atoms with Crippen LogP contribution >= 0.6 is 0 Å². The number of aromatic nitrogens is 2. The van der Waals surface area contributed by atoms with E-state index in [9.17, 15) is 0 Å². The molecule has 102 valence electrons. The zero-order valence-electron chi connectivity index (χ0n) is 11.2. The highest BCUT2D eigenvalue weighted by Gasteiger charge is 2.08. The van der Waals surface area contributed by atoms with E-state index in [1.54, 1.807) is 12.1 Å². The van der Waals surface area contributed by atoms with Gasteiger partial charge in [-0.1, -0.05) is 19.1 Å². The Morgan fingerprint density at radius 3 is 2.50 bits per heavy atom. The lowest BCUT2D eigenvalue weighted by Crippen LogP contribution is -2.14. The van der Waals surface area contributed by atoms with Gasteiger partial charge in [-0.2, -0.15) is 5.26 Å². The Kier molecular flexibility index (Phi) is 4.47. The first-order chi connectivity index (χ1) is 9.78. The predicted octanol–water partition coefficient (Wildman–Crippen LogP) is 1.81. The lowest BCUT2D eigenvalue weighted by atomic mass is 10.1. The van der Waals surface area contributed by atoms with Crippen molar-refractivity contribution in [3.63, 3.8) is 0 Å². The Balaban J connectivity index is 2.12. The van der Waals surface area contributed by atoms with Crippen molar-refractivity contribution in [3.8, 4) is 6.07 Å². The number of nitrogen functional groups attached to an aromatic ring is 1. The van der Waals surface area contributed by atoms with Crippen molar-refractivity contribution in [1.29, 1.82) is 5.26 Å². The number of hydrogen-bond acceptors (Lipinski definition) is 6. The zero-order chi connectivity index (χ0) is 14.4. The van der Waals surface area contributed by atoms with Crippen molar-refractivity contribution in [3.05, 3.63) is 47.3 Å². The van der Waals surface area contributed by atoms with Crippen LogP contribution in [0.3, 0.4) is 0 Å². The Bertz CT molecular complexity index is 615. The van der Waals surface area contributed by atoms with Gasteiger partial charge in [0, 0.05) is 12.1 Å². The third kappa shape index (κ3) is 3.02. The van der Waals surface area contributed by atoms with Crippen LogP contribution in [0.1, 0.15) is 23.6 Å². The Morgan fingerprint density at radius 2 is 1.90 bits per heavy atom. The number of nitriles is 1. The summed E-state index contributed by atoms with van der Waals surface area (Å²) in [6, 6.07) is 9.52. The van der Waals surface area contributed by atoms with Crippen molar-refractivity contribution >= 4 is 11.6 Å². The molecule has 0 aliphatic rings. The molecule has 0 saturated carbocycles. The third-order valence-electron chi connectivity index (χ3n) is 2.98. The summed E-state index contributed by atoms with van der Waals surface area (Å²) >= 11 is 0. The fourth-order valence-corrected chi connectivity index (χ4v) is 1.91. The first-order valence-electron chi connectivity index (χ1n) is 6.32. The van der Waals surface area contributed by atoms with Crippen molar-refractivity contribution < 1.29 is 0 Å². The average molecular weight is 268 g/mol. The van der Waals surface area contributed by atoms with Crippen LogP contribution in [-0.2, 0) is 13.0 Å². The largest absolute Gasteiger partial charge is 0.366 e. The second-order valence-electron chi connectivity index (χ2n) is 4.21. The molecule has 1 heterocycles. The molecule has 4 N–H and O–H groups in total. The first-order valence-corrected chi connectivity index (χ1v) is 6.32. The number of hydrogen-bond donors (Lipinski definition) is 3. The van der Waals surface area contributed by atoms with Crippen LogP contribution in [0.4, 0.5) is 11.6 Å². The summed E-state index contributed by atoms with van der Waals surface area (Å²) in [6.45, 7) is 2.64. The van der Waals surface area contributed by atoms with E-state index < -0.39 is 0 Å². The maximum atomic E-state index is 8.76. The summed E-state index contributed by atoms with van der Waals surface area (Å²) in [4.78, 5) is 8.32. The Morgan fingerprint density at radius 1 is 1.20 bits per heavy atom. The Labute approximate surface area is 117 Å². The molecule has 20 heavy (non-hydrogen) atoms. The summed E-state index contributed by atoms with van der Waals surface area (Å²) in [5.41, 5.74) is 5.25. The second-order valence-corrected chi connectivity index (χ2v) is 4.21. The molecule has 6 heteroatoms. The molecule has 1 aromatic heterocycles. The van der Waals surface area contributed by atoms with E-state index in [0.29, 0.717) is 17.9 Å². The lowest BCUT2D eigenvalue weighted by molar-refractivity contribution is 1.00. The van der Waals surface area contributed by atoms with Gasteiger partial charge in [0.05, 0.1) is 11.6 Å². The minimum Gasteiger partial charge on any atom is -0.366 e. The quantitative estimate of drug-likeness (QED) is 0.565. The summed E-state index contributed by atoms with van der Waals surface area (Å²) in [5.74, 6) is 6.83. The van der Waals surface area contributed by atoms with Gasteiger partial charge in [-0.3, -0.25) is 0 Å². The van der Waals surface area contributed by atoms with Gasteiger partial charge in [0.25, 0.3) is 0 Å². The highest BCUT2D eigenvalue weighted by Crippen LogP contribution is 2.20. The molecule has 0 saturated heterocycles. The normalized spacial score (nSPS) is 9.85. The highest BCUT2D eigenvalue weighted by atomic mass is 15.3. The number of rotatable bonds is 5. The fourth-order valence-electron chi connectivity index (χ4n) is 1.91. The van der Waals surface area contributed by atoms with E-state index in [1.165, 1.54) is 6.33 Å². The van der Waals surface area contributed by atoms with E-state index in [2.05, 4.69) is 26.8 Å². The van der Waals surface area contributed by atoms with E-state index >= 15 is 0 Å². The monoisotopic (exact) mass is 268 g/mol. The first kappa shape index (κ1) is 13.8. The average Bonchev–Trinajstić information content (AvgIpc) is 2.52. The van der Waals surface area contributed by atoms with Crippen LogP contribution in [0, 0.1) is 11.3 Å². The molecule has 2 rings (SSSR count). The van der Waals surface area contributed by atoms with Crippen molar-refractivity contribution in [1.82, 2.24) is 9.97 Å². The van der Waals surface area contributed by atoms with Gasteiger partial charge in [-0.15, -0.1) is 0 Å². The van der Waals surface area contributed by atoms with Crippen molar-refractivity contribution in [2.24, 2.45) is 5.84 Å². The maximum absolute atomic E-state index is 8.76. The van der Waals surface area contributed by atoms with E-state index in [1.807, 2.05) is 19.1 Å². The van der Waals surface area contributed by atoms with Crippen molar-refractivity contribution in [2.45, 2.75) is 19.9 Å². The smallest absolute Gasteiger partial charge is 0.148 e. The van der Waals surface area contributed by atoms with Gasteiger partial charge in [0.15, 0.2) is 0 Å². The number of nitrogens with zero attached hydrogens (tertiary/aromatic N) is 3. The minimum absolute atomic E-state index is 0.625. The van der Waals surface area contributed by atoms with Gasteiger partial charge in [-0.05, 0) is 24.1 Å². The van der Waals surface area contributed by atoms with Crippen LogP contribution in [0.5, 0.6) is 0 Å². The van der Waals surface area contributed by atoms with Crippen LogP contribution in [0.15, 0.2) is 30.6 Å². The van der Waals surface area contributed by atoms with Crippen LogP contribution < -0.4 is 16.6 Å². The number of nitrogens with one attached hydrogen (secondary N) is 2. The van der Waals surface area contributed by atoms with Crippen molar-refractivity contribution in [2.75, 3.05) is 10.7 Å². The molecule has 0 unspecified atom stereocenters. The van der Waals surface area contributed by atoms with E-state index in [-0.39, 0.29) is 0 Å². The number of anilines is 2. The molecule has 0 aliphatic heterocycles. The molecule has 0 aliphatic carbocycles. The van der Waals surface area contributed by atoms with Crippen LogP contribution in [0.25, 0.3) is 0 Å². The number of nitrogens with two attached hydrogens (primary N) is 1. The highest BCUT2D eigenvalue weighted by molar-refractivity contribution is 5.57. The fraction of sp³-hybridized carbons (Fsp3) is 0.214. The molecule has 1 aromatic carbocycles. The molecular formula is C14H16N6.